The van der Waals surface area contributed by atoms with Crippen molar-refractivity contribution in [3.05, 3.63) is 50.4 Å². The van der Waals surface area contributed by atoms with Crippen LogP contribution in [0.3, 0.4) is 0 Å². The first-order valence-electron chi connectivity index (χ1n) is 6.95. The van der Waals surface area contributed by atoms with E-state index in [-0.39, 0.29) is 11.7 Å². The molecule has 0 bridgehead atoms. The van der Waals surface area contributed by atoms with Crippen molar-refractivity contribution in [3.63, 3.8) is 0 Å². The number of benzene rings is 2. The highest BCUT2D eigenvalue weighted by molar-refractivity contribution is 9.11. The van der Waals surface area contributed by atoms with Crippen LogP contribution in [0.2, 0.25) is 0 Å². The molecule has 0 aromatic heterocycles. The summed E-state index contributed by atoms with van der Waals surface area (Å²) >= 11 is 6.47. The van der Waals surface area contributed by atoms with Gasteiger partial charge in [0.1, 0.15) is 19.0 Å². The summed E-state index contributed by atoms with van der Waals surface area (Å²) in [6.45, 7) is 0.960. The van der Waals surface area contributed by atoms with E-state index < -0.39 is 0 Å². The van der Waals surface area contributed by atoms with Crippen LogP contribution in [0.4, 0.5) is 0 Å². The van der Waals surface area contributed by atoms with Gasteiger partial charge in [-0.05, 0) is 67.8 Å². The van der Waals surface area contributed by atoms with Gasteiger partial charge in [-0.15, -0.1) is 0 Å². The number of hydrazone groups is 1. The van der Waals surface area contributed by atoms with Crippen LogP contribution in [-0.4, -0.2) is 30.4 Å². The standard InChI is InChI=1S/C16H12Br2N2O4/c17-11-5-9(6-12(18)15(11)21)8-19-20-16(22)10-1-2-13-14(7-10)24-4-3-23-13/h1-2,5-8,21H,3-4H2,(H,20,22)/b19-8+. The van der Waals surface area contributed by atoms with E-state index in [0.29, 0.717) is 44.8 Å². The van der Waals surface area contributed by atoms with Gasteiger partial charge in [-0.3, -0.25) is 4.79 Å². The van der Waals surface area contributed by atoms with Crippen molar-refractivity contribution in [1.29, 1.82) is 0 Å². The SMILES string of the molecule is O=C(N/N=C/c1cc(Br)c(O)c(Br)c1)c1ccc2c(c1)OCCO2. The van der Waals surface area contributed by atoms with Crippen LogP contribution in [0.1, 0.15) is 15.9 Å². The predicted molar refractivity (Wildman–Crippen MR) is 96.0 cm³/mol. The lowest BCUT2D eigenvalue weighted by Crippen LogP contribution is -2.19. The number of nitrogens with zero attached hydrogens (tertiary/aromatic N) is 1. The van der Waals surface area contributed by atoms with Crippen molar-refractivity contribution in [3.8, 4) is 17.2 Å². The van der Waals surface area contributed by atoms with Crippen molar-refractivity contribution in [2.75, 3.05) is 13.2 Å². The van der Waals surface area contributed by atoms with Gasteiger partial charge >= 0.3 is 0 Å². The molecule has 0 aliphatic carbocycles. The van der Waals surface area contributed by atoms with Crippen LogP contribution in [0, 0.1) is 0 Å². The zero-order valence-corrected chi connectivity index (χ0v) is 15.4. The van der Waals surface area contributed by atoms with E-state index in [1.807, 2.05) is 0 Å². The summed E-state index contributed by atoms with van der Waals surface area (Å²) in [5, 5.41) is 13.6. The Bertz CT molecular complexity index is 801. The predicted octanol–water partition coefficient (Wildman–Crippen LogP) is 3.45. The monoisotopic (exact) mass is 454 g/mol. The van der Waals surface area contributed by atoms with E-state index in [1.54, 1.807) is 30.3 Å². The number of carbonyl (C=O) groups excluding carboxylic acids is 1. The van der Waals surface area contributed by atoms with Crippen LogP contribution in [0.15, 0.2) is 44.4 Å². The number of carbonyl (C=O) groups is 1. The Kier molecular flexibility index (Phi) is 5.06. The largest absolute Gasteiger partial charge is 0.506 e. The van der Waals surface area contributed by atoms with Gasteiger partial charge in [0.15, 0.2) is 11.5 Å². The summed E-state index contributed by atoms with van der Waals surface area (Å²) in [5.41, 5.74) is 3.57. The number of rotatable bonds is 3. The van der Waals surface area contributed by atoms with Crippen molar-refractivity contribution in [2.24, 2.45) is 5.10 Å². The fraction of sp³-hybridized carbons (Fsp3) is 0.125. The highest BCUT2D eigenvalue weighted by Crippen LogP contribution is 2.33. The van der Waals surface area contributed by atoms with Crippen LogP contribution in [0.25, 0.3) is 0 Å². The molecule has 1 amide bonds. The lowest BCUT2D eigenvalue weighted by Gasteiger charge is -2.18. The maximum atomic E-state index is 12.1. The minimum Gasteiger partial charge on any atom is -0.506 e. The zero-order chi connectivity index (χ0) is 17.1. The highest BCUT2D eigenvalue weighted by Gasteiger charge is 2.14. The molecular formula is C16H12Br2N2O4. The number of phenols is 1. The molecule has 2 N–H and O–H groups in total. The van der Waals surface area contributed by atoms with E-state index in [9.17, 15) is 9.90 Å². The van der Waals surface area contributed by atoms with Crippen molar-refractivity contribution in [1.82, 2.24) is 5.43 Å². The van der Waals surface area contributed by atoms with Gasteiger partial charge < -0.3 is 14.6 Å². The summed E-state index contributed by atoms with van der Waals surface area (Å²) in [6, 6.07) is 8.32. The van der Waals surface area contributed by atoms with Gasteiger partial charge in [-0.1, -0.05) is 0 Å². The Morgan fingerprint density at radius 3 is 2.50 bits per heavy atom. The van der Waals surface area contributed by atoms with Crippen LogP contribution in [-0.2, 0) is 0 Å². The van der Waals surface area contributed by atoms with Crippen molar-refractivity contribution in [2.45, 2.75) is 0 Å². The average molecular weight is 456 g/mol. The number of hydrogen-bond donors (Lipinski definition) is 2. The maximum Gasteiger partial charge on any atom is 0.271 e. The molecule has 2 aromatic carbocycles. The van der Waals surface area contributed by atoms with Gasteiger partial charge in [0.25, 0.3) is 5.91 Å². The average Bonchev–Trinajstić information content (AvgIpc) is 2.59. The Hall–Kier alpha value is -2.06. The molecule has 0 spiro atoms. The van der Waals surface area contributed by atoms with Gasteiger partial charge in [0, 0.05) is 5.56 Å². The number of ether oxygens (including phenoxy) is 2. The lowest BCUT2D eigenvalue weighted by molar-refractivity contribution is 0.0954. The second-order valence-electron chi connectivity index (χ2n) is 4.89. The molecule has 0 radical (unpaired) electrons. The van der Waals surface area contributed by atoms with Crippen LogP contribution >= 0.6 is 31.9 Å². The molecular weight excluding hydrogens is 444 g/mol. The molecule has 3 rings (SSSR count). The number of nitrogens with one attached hydrogen (secondary N) is 1. The summed E-state index contributed by atoms with van der Waals surface area (Å²) in [6.07, 6.45) is 1.48. The Morgan fingerprint density at radius 2 is 1.79 bits per heavy atom. The molecule has 0 saturated carbocycles. The third-order valence-electron chi connectivity index (χ3n) is 3.22. The molecule has 1 aliphatic rings. The fourth-order valence-corrected chi connectivity index (χ4v) is 3.30. The maximum absolute atomic E-state index is 12.1. The summed E-state index contributed by atoms with van der Waals surface area (Å²) in [5.74, 6) is 0.914. The molecule has 0 unspecified atom stereocenters. The molecule has 0 atom stereocenters. The number of hydrogen-bond acceptors (Lipinski definition) is 5. The highest BCUT2D eigenvalue weighted by atomic mass is 79.9. The quantitative estimate of drug-likeness (QED) is 0.548. The summed E-state index contributed by atoms with van der Waals surface area (Å²) < 4.78 is 11.9. The van der Waals surface area contributed by atoms with Crippen molar-refractivity contribution >= 4 is 44.0 Å². The fourth-order valence-electron chi connectivity index (χ4n) is 2.07. The van der Waals surface area contributed by atoms with Crippen molar-refractivity contribution < 1.29 is 19.4 Å². The van der Waals surface area contributed by atoms with E-state index in [0.717, 1.165) is 0 Å². The first-order valence-corrected chi connectivity index (χ1v) is 8.54. The van der Waals surface area contributed by atoms with E-state index in [2.05, 4.69) is 42.4 Å². The minimum atomic E-state index is -0.361. The van der Waals surface area contributed by atoms with Gasteiger partial charge in [0.05, 0.1) is 15.2 Å². The topological polar surface area (TPSA) is 80.2 Å². The van der Waals surface area contributed by atoms with E-state index in [4.69, 9.17) is 9.47 Å². The smallest absolute Gasteiger partial charge is 0.271 e. The molecule has 0 fully saturated rings. The van der Waals surface area contributed by atoms with Gasteiger partial charge in [-0.25, -0.2) is 5.43 Å². The number of aromatic hydroxyl groups is 1. The zero-order valence-electron chi connectivity index (χ0n) is 12.3. The van der Waals surface area contributed by atoms with Crippen LogP contribution in [0.5, 0.6) is 17.2 Å². The Labute approximate surface area is 154 Å². The molecule has 124 valence electrons. The lowest BCUT2D eigenvalue weighted by atomic mass is 10.2. The molecule has 24 heavy (non-hydrogen) atoms. The molecule has 8 heteroatoms. The Balaban J connectivity index is 1.69. The summed E-state index contributed by atoms with van der Waals surface area (Å²) in [4.78, 5) is 12.1. The molecule has 1 heterocycles. The minimum absolute atomic E-state index is 0.104. The second-order valence-corrected chi connectivity index (χ2v) is 6.60. The first kappa shape index (κ1) is 16.8. The summed E-state index contributed by atoms with van der Waals surface area (Å²) in [7, 11) is 0. The third kappa shape index (κ3) is 3.70. The van der Waals surface area contributed by atoms with Gasteiger partial charge in [0.2, 0.25) is 0 Å². The number of amides is 1. The second kappa shape index (κ2) is 7.23. The molecule has 6 nitrogen and oxygen atoms in total. The first-order chi connectivity index (χ1) is 11.5. The molecule has 0 saturated heterocycles. The number of halogens is 2. The number of fused-ring (bicyclic) bond motifs is 1. The normalized spacial score (nSPS) is 13.1. The third-order valence-corrected chi connectivity index (χ3v) is 4.43. The number of phenolic OH excluding ortho intramolecular Hbond substituents is 1. The van der Waals surface area contributed by atoms with Crippen LogP contribution < -0.4 is 14.9 Å². The Morgan fingerprint density at radius 1 is 1.12 bits per heavy atom. The van der Waals surface area contributed by atoms with Gasteiger partial charge in [-0.2, -0.15) is 5.10 Å². The van der Waals surface area contributed by atoms with E-state index >= 15 is 0 Å². The molecule has 2 aromatic rings. The molecule has 1 aliphatic heterocycles. The van der Waals surface area contributed by atoms with E-state index in [1.165, 1.54) is 6.21 Å².